The van der Waals surface area contributed by atoms with Gasteiger partial charge in [-0.05, 0) is 18.1 Å². The van der Waals surface area contributed by atoms with Crippen LogP contribution < -0.4 is 10.6 Å². The number of halogens is 1. The largest absolute Gasteiger partial charge is 0.352 e. The summed E-state index contributed by atoms with van der Waals surface area (Å²) in [4.78, 5) is 4.28. The first kappa shape index (κ1) is 21.0. The van der Waals surface area contributed by atoms with Crippen LogP contribution in [0, 0.1) is 6.92 Å². The zero-order chi connectivity index (χ0) is 18.2. The molecular formula is C21H26IN5. The van der Waals surface area contributed by atoms with Gasteiger partial charge in [-0.2, -0.15) is 5.10 Å². The number of rotatable bonds is 6. The molecule has 0 amide bonds. The Labute approximate surface area is 177 Å². The average molecular weight is 475 g/mol. The zero-order valence-corrected chi connectivity index (χ0v) is 18.1. The maximum atomic E-state index is 4.43. The van der Waals surface area contributed by atoms with Crippen molar-refractivity contribution in [2.45, 2.75) is 26.6 Å². The van der Waals surface area contributed by atoms with Crippen LogP contribution in [0.25, 0.3) is 0 Å². The first-order valence-corrected chi connectivity index (χ1v) is 8.78. The molecule has 0 bridgehead atoms. The van der Waals surface area contributed by atoms with E-state index in [0.29, 0.717) is 6.54 Å². The lowest BCUT2D eigenvalue weighted by Gasteiger charge is -2.11. The molecular weight excluding hydrogens is 449 g/mol. The summed E-state index contributed by atoms with van der Waals surface area (Å²) in [5.74, 6) is 0.779. The Balaban J connectivity index is 0.00000261. The monoisotopic (exact) mass is 475 g/mol. The van der Waals surface area contributed by atoms with E-state index in [4.69, 9.17) is 0 Å². The van der Waals surface area contributed by atoms with Gasteiger partial charge in [0.25, 0.3) is 0 Å². The molecule has 0 saturated heterocycles. The second-order valence-corrected chi connectivity index (χ2v) is 6.30. The van der Waals surface area contributed by atoms with Crippen LogP contribution in [-0.4, -0.2) is 22.8 Å². The van der Waals surface area contributed by atoms with Crippen LogP contribution in [-0.2, 0) is 19.6 Å². The van der Waals surface area contributed by atoms with Crippen molar-refractivity contribution in [2.75, 3.05) is 7.05 Å². The molecule has 1 aromatic heterocycles. The summed E-state index contributed by atoms with van der Waals surface area (Å²) in [6.07, 6.45) is 3.95. The van der Waals surface area contributed by atoms with E-state index >= 15 is 0 Å². The molecule has 0 unspecified atom stereocenters. The van der Waals surface area contributed by atoms with Crippen molar-refractivity contribution in [2.24, 2.45) is 4.99 Å². The highest BCUT2D eigenvalue weighted by Gasteiger charge is 2.02. The van der Waals surface area contributed by atoms with Crippen LogP contribution in [0.4, 0.5) is 0 Å². The molecule has 142 valence electrons. The fraction of sp³-hybridized carbons (Fsp3) is 0.238. The molecule has 0 atom stereocenters. The van der Waals surface area contributed by atoms with Crippen molar-refractivity contribution in [3.05, 3.63) is 89.2 Å². The smallest absolute Gasteiger partial charge is 0.191 e. The van der Waals surface area contributed by atoms with Crippen LogP contribution in [0.3, 0.4) is 0 Å². The molecule has 0 spiro atoms. The molecule has 0 fully saturated rings. The zero-order valence-electron chi connectivity index (χ0n) is 15.7. The van der Waals surface area contributed by atoms with Crippen molar-refractivity contribution in [1.29, 1.82) is 0 Å². The summed E-state index contributed by atoms with van der Waals surface area (Å²) in [5.41, 5.74) is 4.86. The van der Waals surface area contributed by atoms with Crippen molar-refractivity contribution in [1.82, 2.24) is 20.4 Å². The summed E-state index contributed by atoms with van der Waals surface area (Å²) in [6, 6.07) is 18.8. The lowest BCUT2D eigenvalue weighted by molar-refractivity contribution is 0.685. The van der Waals surface area contributed by atoms with Gasteiger partial charge in [0.15, 0.2) is 5.96 Å². The van der Waals surface area contributed by atoms with E-state index in [2.05, 4.69) is 70.2 Å². The van der Waals surface area contributed by atoms with Gasteiger partial charge in [0.2, 0.25) is 0 Å². The Hall–Kier alpha value is -2.35. The molecule has 2 N–H and O–H groups in total. The van der Waals surface area contributed by atoms with E-state index < -0.39 is 0 Å². The van der Waals surface area contributed by atoms with E-state index in [1.807, 2.05) is 29.1 Å². The number of nitrogens with one attached hydrogen (secondary N) is 2. The summed E-state index contributed by atoms with van der Waals surface area (Å²) in [6.45, 7) is 4.30. The quantitative estimate of drug-likeness (QED) is 0.325. The van der Waals surface area contributed by atoms with E-state index in [1.165, 1.54) is 16.7 Å². The van der Waals surface area contributed by atoms with Gasteiger partial charge in [0.05, 0.1) is 12.7 Å². The maximum absolute atomic E-state index is 4.43. The average Bonchev–Trinajstić information content (AvgIpc) is 3.11. The summed E-state index contributed by atoms with van der Waals surface area (Å²) >= 11 is 0. The normalized spacial score (nSPS) is 11.0. The van der Waals surface area contributed by atoms with E-state index in [-0.39, 0.29) is 24.0 Å². The maximum Gasteiger partial charge on any atom is 0.191 e. The SMILES string of the molecule is CN=C(NCc1ccc(C)cc1)NCc1cnn(Cc2ccccc2)c1.I. The second kappa shape index (κ2) is 10.7. The number of hydrogen-bond acceptors (Lipinski definition) is 2. The van der Waals surface area contributed by atoms with Crippen molar-refractivity contribution in [3.8, 4) is 0 Å². The van der Waals surface area contributed by atoms with E-state index in [1.54, 1.807) is 7.05 Å². The molecule has 5 nitrogen and oxygen atoms in total. The van der Waals surface area contributed by atoms with Crippen LogP contribution in [0.15, 0.2) is 72.0 Å². The Morgan fingerprint density at radius 1 is 0.926 bits per heavy atom. The predicted molar refractivity (Wildman–Crippen MR) is 121 cm³/mol. The topological polar surface area (TPSA) is 54.2 Å². The van der Waals surface area contributed by atoms with Crippen molar-refractivity contribution < 1.29 is 0 Å². The van der Waals surface area contributed by atoms with E-state index in [9.17, 15) is 0 Å². The molecule has 0 saturated carbocycles. The van der Waals surface area contributed by atoms with Gasteiger partial charge in [-0.1, -0.05) is 60.2 Å². The highest BCUT2D eigenvalue weighted by Crippen LogP contribution is 2.04. The molecule has 27 heavy (non-hydrogen) atoms. The van der Waals surface area contributed by atoms with Crippen LogP contribution in [0.1, 0.15) is 22.3 Å². The highest BCUT2D eigenvalue weighted by atomic mass is 127. The van der Waals surface area contributed by atoms with Gasteiger partial charge in [0, 0.05) is 31.9 Å². The third-order valence-electron chi connectivity index (χ3n) is 4.14. The predicted octanol–water partition coefficient (Wildman–Crippen LogP) is 3.72. The van der Waals surface area contributed by atoms with Crippen molar-refractivity contribution >= 4 is 29.9 Å². The fourth-order valence-corrected chi connectivity index (χ4v) is 2.65. The van der Waals surface area contributed by atoms with Gasteiger partial charge in [-0.3, -0.25) is 9.67 Å². The van der Waals surface area contributed by atoms with Gasteiger partial charge >= 0.3 is 0 Å². The first-order valence-electron chi connectivity index (χ1n) is 8.78. The summed E-state index contributed by atoms with van der Waals surface area (Å²) in [5, 5.41) is 11.1. The Morgan fingerprint density at radius 3 is 2.26 bits per heavy atom. The molecule has 0 radical (unpaired) electrons. The number of hydrogen-bond donors (Lipinski definition) is 2. The fourth-order valence-electron chi connectivity index (χ4n) is 2.65. The summed E-state index contributed by atoms with van der Waals surface area (Å²) < 4.78 is 1.95. The number of aliphatic imine (C=N–C) groups is 1. The standard InChI is InChI=1S/C21H25N5.HI/c1-17-8-10-18(11-9-17)12-23-21(22-2)24-13-20-14-25-26(16-20)15-19-6-4-3-5-7-19;/h3-11,14,16H,12-13,15H2,1-2H3,(H2,22,23,24);1H. The Bertz CT molecular complexity index is 841. The number of aromatic nitrogens is 2. The number of benzene rings is 2. The van der Waals surface area contributed by atoms with Gasteiger partial charge in [-0.15, -0.1) is 24.0 Å². The van der Waals surface area contributed by atoms with Gasteiger partial charge < -0.3 is 10.6 Å². The third kappa shape index (κ3) is 6.71. The second-order valence-electron chi connectivity index (χ2n) is 6.30. The molecule has 0 aliphatic rings. The number of aryl methyl sites for hydroxylation is 1. The lowest BCUT2D eigenvalue weighted by atomic mass is 10.1. The third-order valence-corrected chi connectivity index (χ3v) is 4.14. The Morgan fingerprint density at radius 2 is 1.59 bits per heavy atom. The van der Waals surface area contributed by atoms with Crippen LogP contribution >= 0.6 is 24.0 Å². The molecule has 1 heterocycles. The van der Waals surface area contributed by atoms with Crippen LogP contribution in [0.2, 0.25) is 0 Å². The Kier molecular flexibility index (Phi) is 8.32. The molecule has 6 heteroatoms. The molecule has 0 aliphatic heterocycles. The van der Waals surface area contributed by atoms with Crippen molar-refractivity contribution in [3.63, 3.8) is 0 Å². The first-order chi connectivity index (χ1) is 12.7. The summed E-state index contributed by atoms with van der Waals surface area (Å²) in [7, 11) is 1.78. The highest BCUT2D eigenvalue weighted by molar-refractivity contribution is 14.0. The number of guanidine groups is 1. The minimum Gasteiger partial charge on any atom is -0.352 e. The van der Waals surface area contributed by atoms with Gasteiger partial charge in [0.1, 0.15) is 0 Å². The molecule has 3 rings (SSSR count). The minimum atomic E-state index is 0. The van der Waals surface area contributed by atoms with Gasteiger partial charge in [-0.25, -0.2) is 0 Å². The molecule has 3 aromatic rings. The number of nitrogens with zero attached hydrogens (tertiary/aromatic N) is 3. The van der Waals surface area contributed by atoms with Crippen LogP contribution in [0.5, 0.6) is 0 Å². The minimum absolute atomic E-state index is 0. The molecule has 0 aliphatic carbocycles. The van der Waals surface area contributed by atoms with E-state index in [0.717, 1.165) is 24.6 Å². The molecule has 2 aromatic carbocycles. The lowest BCUT2D eigenvalue weighted by Crippen LogP contribution is -2.36.